The number of rotatable bonds is 32. The second-order valence-corrected chi connectivity index (χ2v) is 18.4. The summed E-state index contributed by atoms with van der Waals surface area (Å²) in [6, 6.07) is 0. The van der Waals surface area contributed by atoms with Crippen molar-refractivity contribution in [3.63, 3.8) is 0 Å². The van der Waals surface area contributed by atoms with E-state index in [1.54, 1.807) is 0 Å². The van der Waals surface area contributed by atoms with Crippen molar-refractivity contribution in [3.8, 4) is 0 Å². The lowest BCUT2D eigenvalue weighted by molar-refractivity contribution is -0.134. The zero-order valence-corrected chi connectivity index (χ0v) is 42.3. The number of carboxylic acids is 1. The second-order valence-electron chi connectivity index (χ2n) is 12.0. The van der Waals surface area contributed by atoms with E-state index in [4.69, 9.17) is 65.0 Å². The Hall–Kier alpha value is -2.14. The number of amides is 2. The van der Waals surface area contributed by atoms with Crippen molar-refractivity contribution in [2.45, 2.75) is 133 Å². The molecule has 5 N–H and O–H groups in total. The van der Waals surface area contributed by atoms with Crippen molar-refractivity contribution in [1.29, 1.82) is 0 Å². The molecule has 0 aromatic carbocycles. The Morgan fingerprint density at radius 2 is 0.871 bits per heavy atom. The minimum absolute atomic E-state index is 0. The lowest BCUT2D eigenvalue weighted by Gasteiger charge is -2.21. The molecule has 0 spiro atoms. The summed E-state index contributed by atoms with van der Waals surface area (Å²) in [5, 5.41) is 12.9. The Morgan fingerprint density at radius 3 is 1.15 bits per heavy atom. The summed E-state index contributed by atoms with van der Waals surface area (Å²) < 4.78 is 53.2. The SMILES string of the molecule is C.CC.CC.CC(=O)O.COP(C)(=O)OCCCCCCNC(C)=O.[C-]#[N+]CCOP(=C)(OC)OCCCCCCN.[C-]#[N+]CCOP(=C)(OC)OCCCCCCNC(C)=O. The molecule has 0 saturated carbocycles. The summed E-state index contributed by atoms with van der Waals surface area (Å²) in [7, 11) is -3.35. The molecule has 0 aromatic rings. The lowest BCUT2D eigenvalue weighted by Crippen LogP contribution is -2.20. The molecule has 21 heteroatoms. The first-order valence-electron chi connectivity index (χ1n) is 20.9. The molecular formula is C41H90N5O13P3. The molecule has 372 valence electrons. The summed E-state index contributed by atoms with van der Waals surface area (Å²) in [6.45, 7) is 31.8. The lowest BCUT2D eigenvalue weighted by atomic mass is 10.2. The molecule has 0 bridgehead atoms. The van der Waals surface area contributed by atoms with E-state index >= 15 is 0 Å². The quantitative estimate of drug-likeness (QED) is 0.0280. The summed E-state index contributed by atoms with van der Waals surface area (Å²) in [6.07, 6.45) is 19.6. The van der Waals surface area contributed by atoms with Gasteiger partial charge in [0.05, 0.1) is 19.8 Å². The molecule has 0 aliphatic heterocycles. The number of carboxylic acid groups (broad SMARTS) is 1. The highest BCUT2D eigenvalue weighted by Gasteiger charge is 2.16. The number of hydrogen-bond acceptors (Lipinski definition) is 13. The highest BCUT2D eigenvalue weighted by atomic mass is 31.2. The number of carbonyl (C=O) groups excluding carboxylic acids is 2. The van der Waals surface area contributed by atoms with Crippen LogP contribution in [-0.4, -0.2) is 129 Å². The van der Waals surface area contributed by atoms with Crippen molar-refractivity contribution in [1.82, 2.24) is 10.6 Å². The molecule has 0 rings (SSSR count). The summed E-state index contributed by atoms with van der Waals surface area (Å²) in [5.41, 5.74) is 5.40. The Balaban J connectivity index is -0.000000134. The Labute approximate surface area is 378 Å². The van der Waals surface area contributed by atoms with Crippen molar-refractivity contribution in [2.75, 3.05) is 93.8 Å². The molecule has 3 atom stereocenters. The highest BCUT2D eigenvalue weighted by Crippen LogP contribution is 2.48. The third-order valence-corrected chi connectivity index (χ3v) is 11.5. The highest BCUT2D eigenvalue weighted by molar-refractivity contribution is 7.59. The van der Waals surface area contributed by atoms with Gasteiger partial charge in [-0.25, -0.2) is 13.1 Å². The first-order valence-corrected chi connectivity index (χ1v) is 26.4. The van der Waals surface area contributed by atoms with Gasteiger partial charge in [0.2, 0.25) is 24.9 Å². The van der Waals surface area contributed by atoms with Gasteiger partial charge >= 0.3 is 7.60 Å². The second kappa shape index (κ2) is 56.9. The number of nitrogens with one attached hydrogen (secondary N) is 2. The predicted molar refractivity (Wildman–Crippen MR) is 260 cm³/mol. The zero-order valence-electron chi connectivity index (χ0n) is 39.6. The fourth-order valence-corrected chi connectivity index (χ4v) is 6.39. The maximum Gasteiger partial charge on any atom is 0.327 e. The number of unbranched alkanes of at least 4 members (excludes halogenated alkanes) is 9. The van der Waals surface area contributed by atoms with E-state index < -0.39 is 28.7 Å². The minimum Gasteiger partial charge on any atom is -0.481 e. The van der Waals surface area contributed by atoms with Crippen molar-refractivity contribution < 1.29 is 60.2 Å². The average molecular weight is 954 g/mol. The van der Waals surface area contributed by atoms with Crippen molar-refractivity contribution in [2.24, 2.45) is 5.73 Å². The molecule has 2 amide bonds. The van der Waals surface area contributed by atoms with Crippen LogP contribution in [0.15, 0.2) is 0 Å². The van der Waals surface area contributed by atoms with Crippen LogP contribution in [0.4, 0.5) is 0 Å². The zero-order chi connectivity index (χ0) is 48.3. The Kier molecular flexibility index (Phi) is 68.1. The minimum atomic E-state index is -2.80. The van der Waals surface area contributed by atoms with Gasteiger partial charge in [0.15, 0.2) is 0 Å². The summed E-state index contributed by atoms with van der Waals surface area (Å²) in [5.74, 6) is -0.813. The fourth-order valence-electron chi connectivity index (χ4n) is 3.72. The third kappa shape index (κ3) is 69.6. The average Bonchev–Trinajstić information content (AvgIpc) is 3.23. The Bertz CT molecular complexity index is 1230. The number of nitrogens with zero attached hydrogens (tertiary/aromatic N) is 2. The van der Waals surface area contributed by atoms with Gasteiger partial charge < -0.3 is 67.4 Å². The number of hydrogen-bond donors (Lipinski definition) is 4. The molecular weight excluding hydrogens is 863 g/mol. The van der Waals surface area contributed by atoms with Crippen LogP contribution in [0.25, 0.3) is 9.69 Å². The Morgan fingerprint density at radius 1 is 0.581 bits per heavy atom. The summed E-state index contributed by atoms with van der Waals surface area (Å²) in [4.78, 5) is 36.6. The van der Waals surface area contributed by atoms with Gasteiger partial charge in [-0.15, -0.1) is 0 Å². The van der Waals surface area contributed by atoms with E-state index in [2.05, 4.69) is 32.9 Å². The molecule has 0 aromatic heterocycles. The topological polar surface area (TPSA) is 221 Å². The van der Waals surface area contributed by atoms with Gasteiger partial charge in [-0.2, -0.15) is 0 Å². The van der Waals surface area contributed by atoms with Gasteiger partial charge in [0, 0.05) is 61.9 Å². The van der Waals surface area contributed by atoms with Crippen LogP contribution in [0.1, 0.15) is 133 Å². The maximum atomic E-state index is 11.3. The van der Waals surface area contributed by atoms with Gasteiger partial charge in [-0.3, -0.25) is 18.9 Å². The molecule has 0 fully saturated rings. The van der Waals surface area contributed by atoms with E-state index in [1.807, 2.05) is 27.7 Å². The van der Waals surface area contributed by atoms with Crippen LogP contribution in [0.5, 0.6) is 0 Å². The first-order chi connectivity index (χ1) is 28.9. The van der Waals surface area contributed by atoms with Crippen molar-refractivity contribution >= 4 is 53.1 Å². The van der Waals surface area contributed by atoms with Gasteiger partial charge in [0.25, 0.3) is 21.1 Å². The maximum absolute atomic E-state index is 11.3. The van der Waals surface area contributed by atoms with E-state index in [1.165, 1.54) is 41.8 Å². The van der Waals surface area contributed by atoms with E-state index in [0.29, 0.717) is 33.0 Å². The molecule has 0 aliphatic carbocycles. The normalized spacial score (nSPS) is 12.5. The summed E-state index contributed by atoms with van der Waals surface area (Å²) >= 11 is 0. The van der Waals surface area contributed by atoms with Gasteiger partial charge in [-0.1, -0.05) is 73.6 Å². The number of nitrogens with two attached hydrogens (primary N) is 1. The van der Waals surface area contributed by atoms with Gasteiger partial charge in [-0.05, 0) is 57.7 Å². The molecule has 0 heterocycles. The van der Waals surface area contributed by atoms with E-state index in [0.717, 1.165) is 104 Å². The molecule has 18 nitrogen and oxygen atoms in total. The monoisotopic (exact) mass is 954 g/mol. The molecule has 0 saturated heterocycles. The first kappa shape index (κ1) is 74.2. The van der Waals surface area contributed by atoms with Crippen LogP contribution < -0.4 is 16.4 Å². The van der Waals surface area contributed by atoms with E-state index in [9.17, 15) is 14.2 Å². The van der Waals surface area contributed by atoms with Crippen molar-refractivity contribution in [3.05, 3.63) is 22.8 Å². The van der Waals surface area contributed by atoms with Crippen LogP contribution in [0, 0.1) is 13.1 Å². The molecule has 3 unspecified atom stereocenters. The van der Waals surface area contributed by atoms with E-state index in [-0.39, 0.29) is 32.4 Å². The predicted octanol–water partition coefficient (Wildman–Crippen LogP) is 9.72. The third-order valence-electron chi connectivity index (χ3n) is 6.76. The molecule has 62 heavy (non-hydrogen) atoms. The largest absolute Gasteiger partial charge is 0.481 e. The molecule has 0 aliphatic rings. The van der Waals surface area contributed by atoms with Gasteiger partial charge in [0.1, 0.15) is 13.2 Å². The smallest absolute Gasteiger partial charge is 0.327 e. The standard InChI is InChI=1S/C13H25N2O4P.C11H23N2O3P.C10H22NO4P.C2H4O2.2C2H6.CH4/c1-13(16)15-9-7-5-6-8-11-18-20(4,17-3)19-12-10-14-2;1-13-9-11-16-17(3,14-2)15-10-7-5-4-6-8-12;1-10(12)11-8-6-4-5-7-9-15-16(3,13)14-2;1-2(3)4;2*1-2;/h4-12H2,1,3H3,(H,15,16);3-12H2,2H3;4-9H2,1-3H3,(H,11,12);1H3,(H,3,4);2*1-2H3;1H4. The van der Waals surface area contributed by atoms with Crippen LogP contribution in [-0.2, 0) is 55.1 Å². The number of aliphatic carboxylic acids is 1. The van der Waals surface area contributed by atoms with Crippen LogP contribution >= 0.6 is 22.7 Å². The fraction of sp³-hybridized carbons (Fsp3) is 0.829. The van der Waals surface area contributed by atoms with Crippen LogP contribution in [0.3, 0.4) is 0 Å². The molecule has 0 radical (unpaired) electrons. The van der Waals surface area contributed by atoms with Crippen LogP contribution in [0.2, 0.25) is 0 Å². The number of carbonyl (C=O) groups is 3.